The third-order valence-corrected chi connectivity index (χ3v) is 5.91. The van der Waals surface area contributed by atoms with Crippen molar-refractivity contribution in [1.29, 1.82) is 0 Å². The van der Waals surface area contributed by atoms with Crippen LogP contribution in [0.1, 0.15) is 37.0 Å². The highest BCUT2D eigenvalue weighted by molar-refractivity contribution is 6.02. The van der Waals surface area contributed by atoms with Crippen LogP contribution >= 0.6 is 0 Å². The van der Waals surface area contributed by atoms with Gasteiger partial charge in [0.15, 0.2) is 0 Å². The summed E-state index contributed by atoms with van der Waals surface area (Å²) in [6, 6.07) is 16.5. The van der Waals surface area contributed by atoms with Gasteiger partial charge in [-0.15, -0.1) is 0 Å². The highest BCUT2D eigenvalue weighted by atomic mass is 15.3. The Balaban J connectivity index is 1.74. The van der Waals surface area contributed by atoms with Crippen molar-refractivity contribution < 1.29 is 0 Å². The largest absolute Gasteiger partial charge is 0.399 e. The van der Waals surface area contributed by atoms with E-state index in [-0.39, 0.29) is 0 Å². The fourth-order valence-corrected chi connectivity index (χ4v) is 3.98. The quantitative estimate of drug-likeness (QED) is 0.414. The van der Waals surface area contributed by atoms with Crippen molar-refractivity contribution in [2.24, 2.45) is 4.99 Å². The summed E-state index contributed by atoms with van der Waals surface area (Å²) in [4.78, 5) is 9.57. The number of amidine groups is 1. The van der Waals surface area contributed by atoms with Crippen LogP contribution in [0.5, 0.6) is 0 Å². The SMILES string of the molecule is C=C/C(C)=C1/NC(c2ccccc2C)=CC(=NCCCN(C)Cc2ccc(N)cc2)N1CC. The van der Waals surface area contributed by atoms with Gasteiger partial charge in [0.25, 0.3) is 0 Å². The Labute approximate surface area is 199 Å². The zero-order valence-corrected chi connectivity index (χ0v) is 20.4. The van der Waals surface area contributed by atoms with Crippen molar-refractivity contribution in [1.82, 2.24) is 15.1 Å². The number of nitrogens with two attached hydrogens (primary N) is 1. The van der Waals surface area contributed by atoms with Crippen LogP contribution in [0.15, 0.2) is 83.6 Å². The lowest BCUT2D eigenvalue weighted by Crippen LogP contribution is -2.40. The number of aryl methyl sites for hydroxylation is 1. The highest BCUT2D eigenvalue weighted by Crippen LogP contribution is 2.25. The van der Waals surface area contributed by atoms with E-state index in [0.717, 1.165) is 61.2 Å². The fourth-order valence-electron chi connectivity index (χ4n) is 3.98. The monoisotopic (exact) mass is 443 g/mol. The molecule has 1 aliphatic heterocycles. The van der Waals surface area contributed by atoms with E-state index in [0.29, 0.717) is 0 Å². The summed E-state index contributed by atoms with van der Waals surface area (Å²) in [5.41, 5.74) is 12.5. The van der Waals surface area contributed by atoms with Gasteiger partial charge in [-0.05, 0) is 69.6 Å². The summed E-state index contributed by atoms with van der Waals surface area (Å²) in [7, 11) is 2.15. The Bertz CT molecular complexity index is 1050. The molecule has 0 fully saturated rings. The second-order valence-electron chi connectivity index (χ2n) is 8.55. The molecule has 0 atom stereocenters. The molecular formula is C28H37N5. The number of nitrogens with one attached hydrogen (secondary N) is 1. The van der Waals surface area contributed by atoms with Gasteiger partial charge in [-0.3, -0.25) is 4.99 Å². The number of hydrogen-bond acceptors (Lipinski definition) is 4. The first kappa shape index (κ1) is 24.3. The van der Waals surface area contributed by atoms with Gasteiger partial charge in [0.05, 0.1) is 5.70 Å². The molecule has 1 heterocycles. The molecule has 3 N–H and O–H groups in total. The van der Waals surface area contributed by atoms with Crippen LogP contribution in [0.25, 0.3) is 5.70 Å². The molecule has 33 heavy (non-hydrogen) atoms. The lowest BCUT2D eigenvalue weighted by atomic mass is 10.0. The van der Waals surface area contributed by atoms with Crippen molar-refractivity contribution in [3.63, 3.8) is 0 Å². The van der Waals surface area contributed by atoms with Crippen molar-refractivity contribution in [3.05, 3.63) is 95.3 Å². The third-order valence-electron chi connectivity index (χ3n) is 5.91. The van der Waals surface area contributed by atoms with E-state index in [9.17, 15) is 0 Å². The van der Waals surface area contributed by atoms with Crippen molar-refractivity contribution in [2.45, 2.75) is 33.7 Å². The number of hydrogen-bond donors (Lipinski definition) is 2. The van der Waals surface area contributed by atoms with Crippen molar-refractivity contribution in [3.8, 4) is 0 Å². The van der Waals surface area contributed by atoms with E-state index in [2.05, 4.69) is 92.0 Å². The van der Waals surface area contributed by atoms with E-state index in [1.165, 1.54) is 16.7 Å². The Morgan fingerprint density at radius 2 is 1.91 bits per heavy atom. The zero-order valence-electron chi connectivity index (χ0n) is 20.4. The molecule has 0 saturated carbocycles. The Kier molecular flexibility index (Phi) is 8.50. The Morgan fingerprint density at radius 1 is 1.18 bits per heavy atom. The van der Waals surface area contributed by atoms with Crippen LogP contribution in [-0.4, -0.2) is 42.3 Å². The predicted octanol–water partition coefficient (Wildman–Crippen LogP) is 5.18. The molecule has 0 bridgehead atoms. The van der Waals surface area contributed by atoms with Gasteiger partial charge in [-0.25, -0.2) is 0 Å². The average molecular weight is 444 g/mol. The minimum Gasteiger partial charge on any atom is -0.399 e. The van der Waals surface area contributed by atoms with Gasteiger partial charge in [-0.1, -0.05) is 49.1 Å². The predicted molar refractivity (Wildman–Crippen MR) is 142 cm³/mol. The minimum atomic E-state index is 0.774. The molecule has 2 aromatic carbocycles. The van der Waals surface area contributed by atoms with Gasteiger partial charge >= 0.3 is 0 Å². The Morgan fingerprint density at radius 3 is 2.58 bits per heavy atom. The molecular weight excluding hydrogens is 406 g/mol. The van der Waals surface area contributed by atoms with Gasteiger partial charge in [-0.2, -0.15) is 0 Å². The van der Waals surface area contributed by atoms with Gasteiger partial charge in [0, 0.05) is 37.0 Å². The molecule has 5 nitrogen and oxygen atoms in total. The van der Waals surface area contributed by atoms with Crippen molar-refractivity contribution in [2.75, 3.05) is 32.4 Å². The van der Waals surface area contributed by atoms with Crippen LogP contribution in [0, 0.1) is 6.92 Å². The van der Waals surface area contributed by atoms with E-state index in [4.69, 9.17) is 10.7 Å². The van der Waals surface area contributed by atoms with Gasteiger partial charge < -0.3 is 20.9 Å². The summed E-state index contributed by atoms with van der Waals surface area (Å²) in [5, 5.41) is 3.63. The second kappa shape index (κ2) is 11.5. The lowest BCUT2D eigenvalue weighted by Gasteiger charge is -2.34. The van der Waals surface area contributed by atoms with Gasteiger partial charge in [0.1, 0.15) is 11.7 Å². The number of nitrogens with zero attached hydrogens (tertiary/aromatic N) is 3. The molecule has 0 spiro atoms. The van der Waals surface area contributed by atoms with E-state index >= 15 is 0 Å². The van der Waals surface area contributed by atoms with Crippen LogP contribution < -0.4 is 11.1 Å². The molecule has 0 aromatic heterocycles. The van der Waals surface area contributed by atoms with Crippen LogP contribution in [0.2, 0.25) is 0 Å². The minimum absolute atomic E-state index is 0.774. The lowest BCUT2D eigenvalue weighted by molar-refractivity contribution is 0.324. The standard InChI is InChI=1S/C28H37N5/c1-6-21(3)28-31-26(25-12-9-8-11-22(25)4)19-27(33(28)7-2)30-17-10-18-32(5)20-23-13-15-24(29)16-14-23/h6,8-9,11-16,19,31H,1,7,10,17-18,20,29H2,2-5H3/b28-21-,30-27?. The number of anilines is 1. The maximum Gasteiger partial charge on any atom is 0.131 e. The molecule has 0 unspecified atom stereocenters. The first-order valence-electron chi connectivity index (χ1n) is 11.7. The number of nitrogen functional groups attached to an aromatic ring is 1. The van der Waals surface area contributed by atoms with Crippen LogP contribution in [0.3, 0.4) is 0 Å². The molecule has 0 saturated heterocycles. The molecule has 174 valence electrons. The topological polar surface area (TPSA) is 56.9 Å². The molecule has 5 heteroatoms. The van der Waals surface area contributed by atoms with E-state index in [1.54, 1.807) is 0 Å². The second-order valence-corrected chi connectivity index (χ2v) is 8.55. The number of allylic oxidation sites excluding steroid dienone is 2. The summed E-state index contributed by atoms with van der Waals surface area (Å²) in [6.45, 7) is 13.9. The van der Waals surface area contributed by atoms with Crippen molar-refractivity contribution >= 4 is 17.2 Å². The summed E-state index contributed by atoms with van der Waals surface area (Å²) < 4.78 is 0. The average Bonchev–Trinajstić information content (AvgIpc) is 2.82. The molecule has 3 rings (SSSR count). The first-order valence-corrected chi connectivity index (χ1v) is 11.7. The zero-order chi connectivity index (χ0) is 23.8. The Hall–Kier alpha value is -3.31. The summed E-state index contributed by atoms with van der Waals surface area (Å²) in [6.07, 6.45) is 5.06. The normalized spacial score (nSPS) is 16.6. The highest BCUT2D eigenvalue weighted by Gasteiger charge is 2.22. The maximum atomic E-state index is 5.79. The van der Waals surface area contributed by atoms with Crippen LogP contribution in [-0.2, 0) is 6.54 Å². The number of rotatable bonds is 9. The molecule has 0 aliphatic carbocycles. The number of likely N-dealkylation sites (N-methyl/N-ethyl adjacent to an activating group) is 1. The number of benzene rings is 2. The van der Waals surface area contributed by atoms with E-state index < -0.39 is 0 Å². The smallest absolute Gasteiger partial charge is 0.131 e. The van der Waals surface area contributed by atoms with Gasteiger partial charge in [0.2, 0.25) is 0 Å². The fraction of sp³-hybridized carbons (Fsp3) is 0.321. The third kappa shape index (κ3) is 6.36. The maximum absolute atomic E-state index is 5.79. The molecule has 2 aromatic rings. The van der Waals surface area contributed by atoms with E-state index in [1.807, 2.05) is 18.2 Å². The first-order chi connectivity index (χ1) is 15.9. The summed E-state index contributed by atoms with van der Waals surface area (Å²) in [5.74, 6) is 2.04. The molecule has 1 aliphatic rings. The molecule has 0 radical (unpaired) electrons. The number of aliphatic imine (C=N–C) groups is 1. The molecule has 0 amide bonds. The van der Waals surface area contributed by atoms with Crippen LogP contribution in [0.4, 0.5) is 5.69 Å². The summed E-state index contributed by atoms with van der Waals surface area (Å²) >= 11 is 0.